The summed E-state index contributed by atoms with van der Waals surface area (Å²) in [5.41, 5.74) is 0.835. The third kappa shape index (κ3) is 4.58. The predicted octanol–water partition coefficient (Wildman–Crippen LogP) is 2.46. The Hall–Kier alpha value is -0.910. The first kappa shape index (κ1) is 15.5. The first-order valence-electron chi connectivity index (χ1n) is 7.19. The summed E-state index contributed by atoms with van der Waals surface area (Å²) in [5, 5.41) is 6.36. The Labute approximate surface area is 129 Å². The monoisotopic (exact) mass is 339 g/mol. The number of rotatable bonds is 5. The van der Waals surface area contributed by atoms with E-state index in [9.17, 15) is 4.79 Å². The zero-order chi connectivity index (χ0) is 14.4. The summed E-state index contributed by atoms with van der Waals surface area (Å²) in [4.78, 5) is 14.4. The summed E-state index contributed by atoms with van der Waals surface area (Å²) < 4.78 is 0.971. The molecule has 1 heterocycles. The molecule has 2 rings (SSSR count). The summed E-state index contributed by atoms with van der Waals surface area (Å²) in [6, 6.07) is 8.16. The van der Waals surface area contributed by atoms with Gasteiger partial charge in [-0.25, -0.2) is 0 Å². The van der Waals surface area contributed by atoms with E-state index < -0.39 is 0 Å². The molecule has 1 aliphatic heterocycles. The fourth-order valence-corrected chi connectivity index (χ4v) is 2.99. The highest BCUT2D eigenvalue weighted by Crippen LogP contribution is 2.16. The quantitative estimate of drug-likeness (QED) is 0.866. The van der Waals surface area contributed by atoms with E-state index in [0.717, 1.165) is 29.8 Å². The average molecular weight is 340 g/mol. The molecule has 0 bridgehead atoms. The van der Waals surface area contributed by atoms with Crippen molar-refractivity contribution in [3.8, 4) is 0 Å². The molecule has 1 amide bonds. The molecule has 2 N–H and O–H groups in total. The van der Waals surface area contributed by atoms with Crippen molar-refractivity contribution < 1.29 is 4.79 Å². The number of hydrogen-bond donors (Lipinski definition) is 2. The van der Waals surface area contributed by atoms with E-state index in [1.54, 1.807) is 0 Å². The fraction of sp³-hybridized carbons (Fsp3) is 0.533. The second kappa shape index (κ2) is 7.76. The summed E-state index contributed by atoms with van der Waals surface area (Å²) in [6.45, 7) is 5.55. The molecular weight excluding hydrogens is 318 g/mol. The predicted molar refractivity (Wildman–Crippen MR) is 85.9 cm³/mol. The molecule has 1 fully saturated rings. The van der Waals surface area contributed by atoms with Crippen LogP contribution in [-0.4, -0.2) is 43.0 Å². The minimum Gasteiger partial charge on any atom is -0.325 e. The Morgan fingerprint density at radius 3 is 3.05 bits per heavy atom. The van der Waals surface area contributed by atoms with Crippen molar-refractivity contribution in [2.45, 2.75) is 25.8 Å². The van der Waals surface area contributed by atoms with Crippen LogP contribution < -0.4 is 10.6 Å². The van der Waals surface area contributed by atoms with Crippen molar-refractivity contribution in [3.05, 3.63) is 28.7 Å². The third-order valence-corrected chi connectivity index (χ3v) is 4.14. The van der Waals surface area contributed by atoms with Gasteiger partial charge in [0.15, 0.2) is 0 Å². The van der Waals surface area contributed by atoms with E-state index in [0.29, 0.717) is 12.6 Å². The maximum Gasteiger partial charge on any atom is 0.238 e. The van der Waals surface area contributed by atoms with Crippen LogP contribution in [0, 0.1) is 0 Å². The molecule has 20 heavy (non-hydrogen) atoms. The van der Waals surface area contributed by atoms with Gasteiger partial charge in [0.05, 0.1) is 6.54 Å². The lowest BCUT2D eigenvalue weighted by Gasteiger charge is -2.33. The van der Waals surface area contributed by atoms with Crippen LogP contribution in [0.5, 0.6) is 0 Å². The number of nitrogens with one attached hydrogen (secondary N) is 2. The minimum atomic E-state index is 0.0514. The Morgan fingerprint density at radius 2 is 2.40 bits per heavy atom. The standard InChI is InChI=1S/C15H22BrN3O/c1-2-19(14-7-4-8-17-10-14)11-15(20)18-13-6-3-5-12(16)9-13/h3,5-6,9,14,17H,2,4,7-8,10-11H2,1H3,(H,18,20). The van der Waals surface area contributed by atoms with Crippen LogP contribution in [-0.2, 0) is 4.79 Å². The number of nitrogens with zero attached hydrogens (tertiary/aromatic N) is 1. The second-order valence-electron chi connectivity index (χ2n) is 5.12. The molecule has 0 radical (unpaired) electrons. The van der Waals surface area contributed by atoms with Gasteiger partial charge in [0.2, 0.25) is 5.91 Å². The molecule has 0 spiro atoms. The van der Waals surface area contributed by atoms with Crippen LogP contribution in [0.1, 0.15) is 19.8 Å². The lowest BCUT2D eigenvalue weighted by atomic mass is 10.1. The molecule has 1 saturated heterocycles. The topological polar surface area (TPSA) is 44.4 Å². The number of piperidine rings is 1. The van der Waals surface area contributed by atoms with E-state index in [1.807, 2.05) is 24.3 Å². The van der Waals surface area contributed by atoms with E-state index >= 15 is 0 Å². The number of amides is 1. The lowest BCUT2D eigenvalue weighted by Crippen LogP contribution is -2.48. The van der Waals surface area contributed by atoms with E-state index in [-0.39, 0.29) is 5.91 Å². The van der Waals surface area contributed by atoms with Crippen LogP contribution >= 0.6 is 15.9 Å². The maximum absolute atomic E-state index is 12.1. The number of likely N-dealkylation sites (N-methyl/N-ethyl adjacent to an activating group) is 1. The third-order valence-electron chi connectivity index (χ3n) is 3.65. The van der Waals surface area contributed by atoms with Crippen molar-refractivity contribution in [1.82, 2.24) is 10.2 Å². The van der Waals surface area contributed by atoms with Gasteiger partial charge in [0, 0.05) is 22.7 Å². The van der Waals surface area contributed by atoms with Gasteiger partial charge < -0.3 is 10.6 Å². The Bertz CT molecular complexity index is 446. The zero-order valence-corrected chi connectivity index (χ0v) is 13.4. The summed E-state index contributed by atoms with van der Waals surface area (Å²) >= 11 is 3.41. The molecule has 5 heteroatoms. The molecule has 1 aromatic carbocycles. The van der Waals surface area contributed by atoms with Gasteiger partial charge in [-0.1, -0.05) is 28.9 Å². The summed E-state index contributed by atoms with van der Waals surface area (Å²) in [6.07, 6.45) is 2.36. The van der Waals surface area contributed by atoms with Crippen LogP contribution in [0.3, 0.4) is 0 Å². The minimum absolute atomic E-state index is 0.0514. The average Bonchev–Trinajstić information content (AvgIpc) is 2.45. The van der Waals surface area contributed by atoms with Crippen molar-refractivity contribution in [2.24, 2.45) is 0 Å². The smallest absolute Gasteiger partial charge is 0.238 e. The molecular formula is C15H22BrN3O. The first-order chi connectivity index (χ1) is 9.69. The summed E-state index contributed by atoms with van der Waals surface area (Å²) in [5.74, 6) is 0.0514. The largest absolute Gasteiger partial charge is 0.325 e. The van der Waals surface area contributed by atoms with Gasteiger partial charge in [-0.3, -0.25) is 9.69 Å². The van der Waals surface area contributed by atoms with Crippen molar-refractivity contribution in [1.29, 1.82) is 0 Å². The van der Waals surface area contributed by atoms with Crippen molar-refractivity contribution >= 4 is 27.5 Å². The van der Waals surface area contributed by atoms with Crippen LogP contribution in [0.2, 0.25) is 0 Å². The molecule has 4 nitrogen and oxygen atoms in total. The van der Waals surface area contributed by atoms with E-state index in [2.05, 4.69) is 38.4 Å². The summed E-state index contributed by atoms with van der Waals surface area (Å²) in [7, 11) is 0. The van der Waals surface area contributed by atoms with Crippen LogP contribution in [0.4, 0.5) is 5.69 Å². The second-order valence-corrected chi connectivity index (χ2v) is 6.04. The number of anilines is 1. The van der Waals surface area contributed by atoms with Crippen molar-refractivity contribution in [3.63, 3.8) is 0 Å². The SMILES string of the molecule is CCN(CC(=O)Nc1cccc(Br)c1)C1CCCNC1. The normalized spacial score (nSPS) is 19.1. The fourth-order valence-electron chi connectivity index (χ4n) is 2.60. The highest BCUT2D eigenvalue weighted by molar-refractivity contribution is 9.10. The maximum atomic E-state index is 12.1. The molecule has 110 valence electrons. The Balaban J connectivity index is 1.88. The molecule has 1 aliphatic rings. The molecule has 1 aromatic rings. The lowest BCUT2D eigenvalue weighted by molar-refractivity contribution is -0.117. The van der Waals surface area contributed by atoms with Gasteiger partial charge in [-0.05, 0) is 44.1 Å². The van der Waals surface area contributed by atoms with Crippen LogP contribution in [0.15, 0.2) is 28.7 Å². The van der Waals surface area contributed by atoms with Gasteiger partial charge in [0.1, 0.15) is 0 Å². The molecule has 0 saturated carbocycles. The zero-order valence-electron chi connectivity index (χ0n) is 11.9. The Morgan fingerprint density at radius 1 is 1.55 bits per heavy atom. The van der Waals surface area contributed by atoms with E-state index in [4.69, 9.17) is 0 Å². The molecule has 0 aromatic heterocycles. The number of halogens is 1. The first-order valence-corrected chi connectivity index (χ1v) is 7.98. The number of carbonyl (C=O) groups is 1. The van der Waals surface area contributed by atoms with Crippen LogP contribution in [0.25, 0.3) is 0 Å². The number of benzene rings is 1. The van der Waals surface area contributed by atoms with Gasteiger partial charge in [-0.2, -0.15) is 0 Å². The highest BCUT2D eigenvalue weighted by Gasteiger charge is 2.21. The molecule has 1 unspecified atom stereocenters. The van der Waals surface area contributed by atoms with Gasteiger partial charge in [-0.15, -0.1) is 0 Å². The Kier molecular flexibility index (Phi) is 6.01. The molecule has 1 atom stereocenters. The van der Waals surface area contributed by atoms with Gasteiger partial charge >= 0.3 is 0 Å². The number of hydrogen-bond acceptors (Lipinski definition) is 3. The highest BCUT2D eigenvalue weighted by atomic mass is 79.9. The molecule has 0 aliphatic carbocycles. The van der Waals surface area contributed by atoms with E-state index in [1.165, 1.54) is 12.8 Å². The van der Waals surface area contributed by atoms with Crippen molar-refractivity contribution in [2.75, 3.05) is 31.5 Å². The van der Waals surface area contributed by atoms with Gasteiger partial charge in [0.25, 0.3) is 0 Å². The number of carbonyl (C=O) groups excluding carboxylic acids is 1.